The molecule has 2 heterocycles. The number of aryl methyl sites for hydroxylation is 1. The van der Waals surface area contributed by atoms with Crippen molar-refractivity contribution in [2.24, 2.45) is 0 Å². The van der Waals surface area contributed by atoms with Gasteiger partial charge in [-0.05, 0) is 42.9 Å². The monoisotopic (exact) mass is 365 g/mol. The van der Waals surface area contributed by atoms with Gasteiger partial charge in [-0.15, -0.1) is 0 Å². The Balaban J connectivity index is 1.43. The molecule has 0 saturated carbocycles. The molecule has 0 unspecified atom stereocenters. The van der Waals surface area contributed by atoms with Crippen molar-refractivity contribution in [2.75, 3.05) is 26.2 Å². The van der Waals surface area contributed by atoms with Gasteiger partial charge in [-0.3, -0.25) is 14.5 Å². The van der Waals surface area contributed by atoms with Gasteiger partial charge in [0.2, 0.25) is 5.56 Å². The molecular weight excluding hydrogens is 338 g/mol. The topological polar surface area (TPSA) is 56.4 Å². The number of amides is 1. The Kier molecular flexibility index (Phi) is 5.12. The number of benzene rings is 1. The summed E-state index contributed by atoms with van der Waals surface area (Å²) in [6.07, 6.45) is 3.87. The van der Waals surface area contributed by atoms with E-state index in [1.165, 1.54) is 17.2 Å². The lowest BCUT2D eigenvalue weighted by Gasteiger charge is -2.27. The molecule has 0 bridgehead atoms. The fraction of sp³-hybridized carbons (Fsp3) is 0.455. The summed E-state index contributed by atoms with van der Waals surface area (Å²) in [6, 6.07) is 12.4. The number of aromatic amines is 1. The Morgan fingerprint density at radius 2 is 1.78 bits per heavy atom. The van der Waals surface area contributed by atoms with Gasteiger partial charge in [0, 0.05) is 44.0 Å². The highest BCUT2D eigenvalue weighted by atomic mass is 16.2. The van der Waals surface area contributed by atoms with Crippen molar-refractivity contribution in [3.8, 4) is 0 Å². The Bertz CT molecular complexity index is 864. The maximum Gasteiger partial charge on any atom is 0.255 e. The molecule has 1 aliphatic heterocycles. The second-order valence-electron chi connectivity index (χ2n) is 7.58. The summed E-state index contributed by atoms with van der Waals surface area (Å²) >= 11 is 0. The van der Waals surface area contributed by atoms with E-state index in [-0.39, 0.29) is 11.5 Å². The fourth-order valence-electron chi connectivity index (χ4n) is 4.47. The van der Waals surface area contributed by atoms with Gasteiger partial charge in [0.25, 0.3) is 5.91 Å². The lowest BCUT2D eigenvalue weighted by molar-refractivity contribution is 0.0756. The van der Waals surface area contributed by atoms with E-state index in [4.69, 9.17) is 0 Å². The lowest BCUT2D eigenvalue weighted by Crippen LogP contribution is -2.40. The number of nitrogens with one attached hydrogen (secondary N) is 1. The van der Waals surface area contributed by atoms with Gasteiger partial charge in [-0.2, -0.15) is 0 Å². The van der Waals surface area contributed by atoms with E-state index >= 15 is 0 Å². The third-order valence-corrected chi connectivity index (χ3v) is 5.95. The Morgan fingerprint density at radius 3 is 2.48 bits per heavy atom. The minimum absolute atomic E-state index is 0.0414. The third kappa shape index (κ3) is 3.69. The van der Waals surface area contributed by atoms with E-state index in [1.54, 1.807) is 6.07 Å². The normalized spacial score (nSPS) is 18.3. The summed E-state index contributed by atoms with van der Waals surface area (Å²) in [5.74, 6) is 0.0414. The van der Waals surface area contributed by atoms with Gasteiger partial charge in [0.05, 0.1) is 5.56 Å². The van der Waals surface area contributed by atoms with Crippen LogP contribution in [-0.2, 0) is 19.3 Å². The first-order valence-electron chi connectivity index (χ1n) is 9.98. The van der Waals surface area contributed by atoms with E-state index in [9.17, 15) is 9.59 Å². The zero-order chi connectivity index (χ0) is 18.8. The molecule has 1 fully saturated rings. The first-order chi connectivity index (χ1) is 13.2. The van der Waals surface area contributed by atoms with Crippen molar-refractivity contribution < 1.29 is 4.79 Å². The molecule has 0 spiro atoms. The molecular formula is C22H27N3O2. The van der Waals surface area contributed by atoms with Gasteiger partial charge in [0.1, 0.15) is 0 Å². The van der Waals surface area contributed by atoms with Gasteiger partial charge >= 0.3 is 0 Å². The Labute approximate surface area is 160 Å². The number of H-pyrrole nitrogens is 1. The van der Waals surface area contributed by atoms with Crippen LogP contribution in [0.1, 0.15) is 40.5 Å². The SMILES string of the molecule is CCc1[nH]c(=O)ccc1C(=O)N1CCCN(C2Cc3ccccc3C2)CC1. The highest BCUT2D eigenvalue weighted by molar-refractivity contribution is 5.95. The van der Waals surface area contributed by atoms with Gasteiger partial charge in [-0.25, -0.2) is 0 Å². The molecule has 1 saturated heterocycles. The van der Waals surface area contributed by atoms with Crippen LogP contribution < -0.4 is 5.56 Å². The summed E-state index contributed by atoms with van der Waals surface area (Å²) in [4.78, 5) is 31.9. The predicted octanol–water partition coefficient (Wildman–Crippen LogP) is 2.25. The Morgan fingerprint density at radius 1 is 1.04 bits per heavy atom. The summed E-state index contributed by atoms with van der Waals surface area (Å²) in [5.41, 5.74) is 4.17. The molecule has 27 heavy (non-hydrogen) atoms. The number of fused-ring (bicyclic) bond motifs is 1. The first kappa shape index (κ1) is 18.0. The largest absolute Gasteiger partial charge is 0.337 e. The zero-order valence-corrected chi connectivity index (χ0v) is 15.9. The summed E-state index contributed by atoms with van der Waals surface area (Å²) < 4.78 is 0. The van der Waals surface area contributed by atoms with Gasteiger partial charge in [0.15, 0.2) is 0 Å². The number of hydrogen-bond acceptors (Lipinski definition) is 3. The lowest BCUT2D eigenvalue weighted by atomic mass is 10.1. The van der Waals surface area contributed by atoms with Crippen molar-refractivity contribution in [2.45, 2.75) is 38.6 Å². The minimum Gasteiger partial charge on any atom is -0.337 e. The third-order valence-electron chi connectivity index (χ3n) is 5.95. The van der Waals surface area contributed by atoms with Crippen LogP contribution in [0.15, 0.2) is 41.2 Å². The van der Waals surface area contributed by atoms with Gasteiger partial charge in [-0.1, -0.05) is 31.2 Å². The zero-order valence-electron chi connectivity index (χ0n) is 15.9. The van der Waals surface area contributed by atoms with Crippen LogP contribution in [0.25, 0.3) is 0 Å². The van der Waals surface area contributed by atoms with Crippen molar-refractivity contribution in [1.82, 2.24) is 14.8 Å². The van der Waals surface area contributed by atoms with E-state index in [1.807, 2.05) is 11.8 Å². The molecule has 142 valence electrons. The number of pyridine rings is 1. The second-order valence-corrected chi connectivity index (χ2v) is 7.58. The molecule has 5 heteroatoms. The highest BCUT2D eigenvalue weighted by Gasteiger charge is 2.29. The van der Waals surface area contributed by atoms with Crippen molar-refractivity contribution in [3.63, 3.8) is 0 Å². The maximum absolute atomic E-state index is 13.0. The van der Waals surface area contributed by atoms with Crippen LogP contribution in [0.3, 0.4) is 0 Å². The smallest absolute Gasteiger partial charge is 0.255 e. The van der Waals surface area contributed by atoms with Crippen molar-refractivity contribution in [3.05, 3.63) is 69.1 Å². The molecule has 0 atom stereocenters. The van der Waals surface area contributed by atoms with Crippen LogP contribution in [0.5, 0.6) is 0 Å². The molecule has 1 aliphatic carbocycles. The van der Waals surface area contributed by atoms with E-state index in [2.05, 4.69) is 34.1 Å². The maximum atomic E-state index is 13.0. The highest BCUT2D eigenvalue weighted by Crippen LogP contribution is 2.26. The molecule has 5 nitrogen and oxygen atoms in total. The first-order valence-corrected chi connectivity index (χ1v) is 9.98. The second kappa shape index (κ2) is 7.69. The molecule has 1 aromatic carbocycles. The average Bonchev–Trinajstić information content (AvgIpc) is 2.96. The Hall–Kier alpha value is -2.40. The quantitative estimate of drug-likeness (QED) is 0.908. The number of aromatic nitrogens is 1. The standard InChI is InChI=1S/C22H27N3O2/c1-2-20-19(8-9-21(26)23-20)22(27)25-11-5-10-24(12-13-25)18-14-16-6-3-4-7-17(16)15-18/h3-4,6-9,18H,2,5,10-15H2,1H3,(H,23,26). The van der Waals surface area contributed by atoms with Crippen molar-refractivity contribution in [1.29, 1.82) is 0 Å². The number of hydrogen-bond donors (Lipinski definition) is 1. The molecule has 1 N–H and O–H groups in total. The number of rotatable bonds is 3. The summed E-state index contributed by atoms with van der Waals surface area (Å²) in [7, 11) is 0. The molecule has 1 aromatic heterocycles. The molecule has 2 aromatic rings. The summed E-state index contributed by atoms with van der Waals surface area (Å²) in [5, 5.41) is 0. The average molecular weight is 365 g/mol. The van der Waals surface area contributed by atoms with Crippen LogP contribution in [-0.4, -0.2) is 52.9 Å². The van der Waals surface area contributed by atoms with E-state index in [0.29, 0.717) is 18.0 Å². The van der Waals surface area contributed by atoms with E-state index < -0.39 is 0 Å². The molecule has 2 aliphatic rings. The van der Waals surface area contributed by atoms with Crippen LogP contribution >= 0.6 is 0 Å². The number of carbonyl (C=O) groups excluding carboxylic acids is 1. The number of carbonyl (C=O) groups is 1. The van der Waals surface area contributed by atoms with Crippen LogP contribution in [0.4, 0.5) is 0 Å². The predicted molar refractivity (Wildman–Crippen MR) is 106 cm³/mol. The molecule has 4 rings (SSSR count). The van der Waals surface area contributed by atoms with Crippen LogP contribution in [0, 0.1) is 0 Å². The molecule has 0 radical (unpaired) electrons. The molecule has 1 amide bonds. The van der Waals surface area contributed by atoms with Crippen molar-refractivity contribution >= 4 is 5.91 Å². The number of nitrogens with zero attached hydrogens (tertiary/aromatic N) is 2. The van der Waals surface area contributed by atoms with E-state index in [0.717, 1.165) is 51.1 Å². The summed E-state index contributed by atoms with van der Waals surface area (Å²) in [6.45, 7) is 5.43. The van der Waals surface area contributed by atoms with Gasteiger partial charge < -0.3 is 9.88 Å². The fourth-order valence-corrected chi connectivity index (χ4v) is 4.47. The minimum atomic E-state index is -0.147. The van der Waals surface area contributed by atoms with Crippen LogP contribution in [0.2, 0.25) is 0 Å².